The fraction of sp³-hybridized carbons (Fsp3) is 0.133. The van der Waals surface area contributed by atoms with Crippen LogP contribution in [0.3, 0.4) is 0 Å². The summed E-state index contributed by atoms with van der Waals surface area (Å²) in [6.07, 6.45) is 1.26. The zero-order valence-corrected chi connectivity index (χ0v) is 13.8. The van der Waals surface area contributed by atoms with Crippen molar-refractivity contribution < 1.29 is 9.90 Å². The van der Waals surface area contributed by atoms with Gasteiger partial charge in [-0.05, 0) is 24.6 Å². The first-order valence-corrected chi connectivity index (χ1v) is 8.11. The van der Waals surface area contributed by atoms with Crippen molar-refractivity contribution in [3.8, 4) is 11.1 Å². The molecule has 0 fully saturated rings. The van der Waals surface area contributed by atoms with Gasteiger partial charge in [-0.2, -0.15) is 0 Å². The van der Waals surface area contributed by atoms with Gasteiger partial charge in [0.05, 0.1) is 23.7 Å². The predicted octanol–water partition coefficient (Wildman–Crippen LogP) is 2.20. The van der Waals surface area contributed by atoms with E-state index in [1.807, 2.05) is 29.6 Å². The molecule has 0 aliphatic carbocycles. The number of aliphatic carboxylic acids is 1. The minimum atomic E-state index is -1.32. The predicted molar refractivity (Wildman–Crippen MR) is 86.7 cm³/mol. The Morgan fingerprint density at radius 2 is 2.05 bits per heavy atom. The molecule has 0 radical (unpaired) electrons. The van der Waals surface area contributed by atoms with Crippen molar-refractivity contribution in [3.05, 3.63) is 50.8 Å². The third-order valence-corrected chi connectivity index (χ3v) is 4.85. The first kappa shape index (κ1) is 14.9. The molecule has 1 aromatic carbocycles. The van der Waals surface area contributed by atoms with E-state index in [1.54, 1.807) is 0 Å². The zero-order valence-electron chi connectivity index (χ0n) is 11.4. The second-order valence-electron chi connectivity index (χ2n) is 4.79. The molecule has 2 heterocycles. The van der Waals surface area contributed by atoms with Gasteiger partial charge >= 0.3 is 0 Å². The molecule has 7 heteroatoms. The van der Waals surface area contributed by atoms with Crippen molar-refractivity contribution in [2.45, 2.75) is 13.0 Å². The number of aromatic nitrogens is 2. The largest absolute Gasteiger partial charge is 0.548 e. The normalized spacial score (nSPS) is 12.5. The quantitative estimate of drug-likeness (QED) is 0.700. The van der Waals surface area contributed by atoms with Crippen LogP contribution in [0.1, 0.15) is 13.0 Å². The fourth-order valence-corrected chi connectivity index (χ4v) is 3.35. The highest BCUT2D eigenvalue weighted by Crippen LogP contribution is 2.31. The van der Waals surface area contributed by atoms with Crippen molar-refractivity contribution in [2.24, 2.45) is 0 Å². The van der Waals surface area contributed by atoms with Gasteiger partial charge in [0.15, 0.2) is 0 Å². The lowest BCUT2D eigenvalue weighted by Crippen LogP contribution is -2.36. The molecule has 0 amide bonds. The molecule has 2 aromatic heterocycles. The molecule has 0 saturated heterocycles. The number of benzene rings is 1. The van der Waals surface area contributed by atoms with Gasteiger partial charge < -0.3 is 9.90 Å². The molecule has 3 rings (SSSR count). The summed E-state index contributed by atoms with van der Waals surface area (Å²) < 4.78 is 2.03. The van der Waals surface area contributed by atoms with Crippen molar-refractivity contribution in [1.29, 1.82) is 0 Å². The molecule has 0 saturated carbocycles. The van der Waals surface area contributed by atoms with Gasteiger partial charge in [0.2, 0.25) is 0 Å². The Kier molecular flexibility index (Phi) is 3.84. The maximum atomic E-state index is 12.6. The molecule has 0 aliphatic rings. The van der Waals surface area contributed by atoms with E-state index < -0.39 is 12.0 Å². The number of hydrogen-bond donors (Lipinski definition) is 0. The zero-order chi connectivity index (χ0) is 15.9. The van der Waals surface area contributed by atoms with E-state index in [1.165, 1.54) is 24.6 Å². The van der Waals surface area contributed by atoms with E-state index in [-0.39, 0.29) is 5.56 Å². The number of nitrogens with zero attached hydrogens (tertiary/aromatic N) is 2. The van der Waals surface area contributed by atoms with Crippen LogP contribution in [0, 0.1) is 0 Å². The number of carbonyl (C=O) groups is 1. The van der Waals surface area contributed by atoms with Gasteiger partial charge in [-0.15, -0.1) is 11.3 Å². The summed E-state index contributed by atoms with van der Waals surface area (Å²) >= 11 is 4.73. The molecular formula is C15H10BrN2O3S-. The molecule has 0 aliphatic heterocycles. The van der Waals surface area contributed by atoms with Gasteiger partial charge in [-0.1, -0.05) is 28.1 Å². The van der Waals surface area contributed by atoms with E-state index >= 15 is 0 Å². The molecule has 112 valence electrons. The van der Waals surface area contributed by atoms with Crippen molar-refractivity contribution in [2.75, 3.05) is 0 Å². The fourth-order valence-electron chi connectivity index (χ4n) is 2.18. The highest BCUT2D eigenvalue weighted by molar-refractivity contribution is 9.10. The molecular weight excluding hydrogens is 368 g/mol. The average molecular weight is 378 g/mol. The third kappa shape index (κ3) is 2.46. The van der Waals surface area contributed by atoms with E-state index in [2.05, 4.69) is 20.9 Å². The van der Waals surface area contributed by atoms with Crippen LogP contribution >= 0.6 is 27.3 Å². The molecule has 1 atom stereocenters. The van der Waals surface area contributed by atoms with E-state index in [0.29, 0.717) is 10.2 Å². The first-order valence-electron chi connectivity index (χ1n) is 6.44. The molecule has 0 spiro atoms. The summed E-state index contributed by atoms with van der Waals surface area (Å²) in [4.78, 5) is 28.4. The highest BCUT2D eigenvalue weighted by atomic mass is 79.9. The second kappa shape index (κ2) is 5.66. The Morgan fingerprint density at radius 1 is 1.36 bits per heavy atom. The smallest absolute Gasteiger partial charge is 0.263 e. The van der Waals surface area contributed by atoms with Gasteiger partial charge in [0.1, 0.15) is 4.83 Å². The Morgan fingerprint density at radius 3 is 2.68 bits per heavy atom. The van der Waals surface area contributed by atoms with Crippen molar-refractivity contribution in [3.63, 3.8) is 0 Å². The van der Waals surface area contributed by atoms with Crippen LogP contribution in [-0.4, -0.2) is 15.5 Å². The minimum Gasteiger partial charge on any atom is -0.548 e. The van der Waals surface area contributed by atoms with Crippen LogP contribution in [0.15, 0.2) is 45.2 Å². The van der Waals surface area contributed by atoms with Crippen molar-refractivity contribution >= 4 is 43.5 Å². The van der Waals surface area contributed by atoms with Gasteiger partial charge in [-0.3, -0.25) is 9.36 Å². The van der Waals surface area contributed by atoms with E-state index in [4.69, 9.17) is 0 Å². The van der Waals surface area contributed by atoms with Crippen LogP contribution in [0.4, 0.5) is 0 Å². The standard InChI is InChI=1S/C15H11BrN2O3S/c1-8(15(20)21)18-7-17-13-12(14(18)19)11(6-22-13)9-2-4-10(16)5-3-9/h2-8H,1H3,(H,20,21)/p-1/t8-/m1/s1. The molecule has 22 heavy (non-hydrogen) atoms. The topological polar surface area (TPSA) is 75.0 Å². The van der Waals surface area contributed by atoms with Crippen LogP contribution in [0.25, 0.3) is 21.3 Å². The summed E-state index contributed by atoms with van der Waals surface area (Å²) in [5.41, 5.74) is 1.26. The number of hydrogen-bond acceptors (Lipinski definition) is 5. The Labute approximate surface area is 138 Å². The maximum Gasteiger partial charge on any atom is 0.263 e. The maximum absolute atomic E-state index is 12.6. The number of carboxylic acid groups (broad SMARTS) is 1. The summed E-state index contributed by atoms with van der Waals surface area (Å²) in [5, 5.41) is 13.3. The van der Waals surface area contributed by atoms with Crippen LogP contribution in [-0.2, 0) is 4.79 Å². The third-order valence-electron chi connectivity index (χ3n) is 3.43. The first-order chi connectivity index (χ1) is 10.5. The number of halogens is 1. The molecule has 0 bridgehead atoms. The van der Waals surface area contributed by atoms with Crippen LogP contribution in [0.5, 0.6) is 0 Å². The molecule has 5 nitrogen and oxygen atoms in total. The summed E-state index contributed by atoms with van der Waals surface area (Å²) in [6, 6.07) is 6.49. The number of thiophene rings is 1. The van der Waals surface area contributed by atoms with Crippen LogP contribution < -0.4 is 10.7 Å². The molecule has 3 aromatic rings. The lowest BCUT2D eigenvalue weighted by atomic mass is 10.1. The lowest BCUT2D eigenvalue weighted by Gasteiger charge is -2.15. The molecule has 0 unspecified atom stereocenters. The number of rotatable bonds is 3. The van der Waals surface area contributed by atoms with Crippen molar-refractivity contribution in [1.82, 2.24) is 9.55 Å². The van der Waals surface area contributed by atoms with Gasteiger partial charge in [0.25, 0.3) is 5.56 Å². The Balaban J connectivity index is 2.25. The number of carbonyl (C=O) groups excluding carboxylic acids is 1. The monoisotopic (exact) mass is 377 g/mol. The second-order valence-corrected chi connectivity index (χ2v) is 6.56. The minimum absolute atomic E-state index is 0.374. The van der Waals surface area contributed by atoms with Crippen LogP contribution in [0.2, 0.25) is 0 Å². The average Bonchev–Trinajstić information content (AvgIpc) is 2.92. The number of fused-ring (bicyclic) bond motifs is 1. The van der Waals surface area contributed by atoms with Gasteiger partial charge in [0, 0.05) is 15.4 Å². The van der Waals surface area contributed by atoms with E-state index in [0.717, 1.165) is 20.2 Å². The summed E-state index contributed by atoms with van der Waals surface area (Å²) in [6.45, 7) is 1.40. The summed E-state index contributed by atoms with van der Waals surface area (Å²) in [5.74, 6) is -1.32. The molecule has 0 N–H and O–H groups in total. The Bertz CT molecular complexity index is 915. The van der Waals surface area contributed by atoms with Gasteiger partial charge in [-0.25, -0.2) is 4.98 Å². The SMILES string of the molecule is C[C@H](C(=O)[O-])n1cnc2scc(-c3ccc(Br)cc3)c2c1=O. The number of carboxylic acids is 1. The Hall–Kier alpha value is -1.99. The van der Waals surface area contributed by atoms with E-state index in [9.17, 15) is 14.7 Å². The summed E-state index contributed by atoms with van der Waals surface area (Å²) in [7, 11) is 0. The lowest BCUT2D eigenvalue weighted by molar-refractivity contribution is -0.309. The highest BCUT2D eigenvalue weighted by Gasteiger charge is 2.16.